The van der Waals surface area contributed by atoms with E-state index >= 15 is 0 Å². The average Bonchev–Trinajstić information content (AvgIpc) is 3.29. The van der Waals surface area contributed by atoms with Gasteiger partial charge in [-0.2, -0.15) is 8.42 Å². The first-order chi connectivity index (χ1) is 15.9. The van der Waals surface area contributed by atoms with E-state index in [-0.39, 0.29) is 18.2 Å². The molecule has 0 spiro atoms. The first-order valence-corrected chi connectivity index (χ1v) is 12.2. The van der Waals surface area contributed by atoms with Crippen molar-refractivity contribution < 1.29 is 22.3 Å². The van der Waals surface area contributed by atoms with E-state index in [0.717, 1.165) is 46.5 Å². The zero-order valence-corrected chi connectivity index (χ0v) is 19.1. The van der Waals surface area contributed by atoms with E-state index in [2.05, 4.69) is 4.98 Å². The highest BCUT2D eigenvalue weighted by Gasteiger charge is 2.31. The van der Waals surface area contributed by atoms with Gasteiger partial charge < -0.3 is 4.74 Å². The molecule has 0 saturated heterocycles. The fourth-order valence-corrected chi connectivity index (χ4v) is 5.39. The Morgan fingerprint density at radius 2 is 1.85 bits per heavy atom. The van der Waals surface area contributed by atoms with Gasteiger partial charge >= 0.3 is 0 Å². The quantitative estimate of drug-likeness (QED) is 0.432. The van der Waals surface area contributed by atoms with Crippen LogP contribution in [0.2, 0.25) is 0 Å². The fourth-order valence-electron chi connectivity index (χ4n) is 3.92. The molecule has 1 aliphatic carbocycles. The highest BCUT2D eigenvalue weighted by atomic mass is 32.2. The third-order valence-corrected chi connectivity index (χ3v) is 7.26. The minimum absolute atomic E-state index is 0.151. The predicted octanol–water partition coefficient (Wildman–Crippen LogP) is 4.52. The number of carbonyl (C=O) groups excluding carboxylic acids is 1. The molecule has 1 aliphatic rings. The van der Waals surface area contributed by atoms with Crippen molar-refractivity contribution in [2.45, 2.75) is 44.0 Å². The lowest BCUT2D eigenvalue weighted by Crippen LogP contribution is -2.36. The Bertz CT molecular complexity index is 1230. The summed E-state index contributed by atoms with van der Waals surface area (Å²) >= 11 is 0. The second-order valence-corrected chi connectivity index (χ2v) is 9.88. The minimum Gasteiger partial charge on any atom is -0.487 e. The van der Waals surface area contributed by atoms with Crippen molar-refractivity contribution in [3.63, 3.8) is 0 Å². The summed E-state index contributed by atoms with van der Waals surface area (Å²) in [6.45, 7) is 1.14. The van der Waals surface area contributed by atoms with E-state index in [0.29, 0.717) is 17.0 Å². The number of hydrogen-bond acceptors (Lipinski definition) is 5. The van der Waals surface area contributed by atoms with Crippen LogP contribution in [-0.4, -0.2) is 32.4 Å². The Morgan fingerprint density at radius 1 is 1.12 bits per heavy atom. The number of alkyl halides is 1. The van der Waals surface area contributed by atoms with E-state index in [9.17, 15) is 17.6 Å². The summed E-state index contributed by atoms with van der Waals surface area (Å²) in [5, 5.41) is -0.151. The molecule has 0 unspecified atom stereocenters. The summed E-state index contributed by atoms with van der Waals surface area (Å²) in [6, 6.07) is 15.2. The maximum absolute atomic E-state index is 14.2. The topological polar surface area (TPSA) is 76.6 Å². The van der Waals surface area contributed by atoms with Gasteiger partial charge in [-0.15, -0.1) is 0 Å². The third-order valence-electron chi connectivity index (χ3n) is 5.56. The molecule has 6 nitrogen and oxygen atoms in total. The van der Waals surface area contributed by atoms with Gasteiger partial charge in [-0.05, 0) is 67.1 Å². The number of carbonyl (C=O) groups is 1. The first-order valence-electron chi connectivity index (χ1n) is 10.8. The van der Waals surface area contributed by atoms with Crippen molar-refractivity contribution in [2.24, 2.45) is 0 Å². The first kappa shape index (κ1) is 22.9. The monoisotopic (exact) mass is 468 g/mol. The van der Waals surface area contributed by atoms with Gasteiger partial charge in [0.15, 0.2) is 5.03 Å². The van der Waals surface area contributed by atoms with E-state index in [1.807, 2.05) is 6.07 Å². The highest BCUT2D eigenvalue weighted by molar-refractivity contribution is 7.92. The molecule has 33 heavy (non-hydrogen) atoms. The van der Waals surface area contributed by atoms with Crippen molar-refractivity contribution in [1.82, 2.24) is 4.98 Å². The van der Waals surface area contributed by atoms with Crippen molar-refractivity contribution in [2.75, 3.05) is 10.8 Å². The molecular weight excluding hydrogens is 443 g/mol. The molecule has 3 aromatic rings. The van der Waals surface area contributed by atoms with Crippen molar-refractivity contribution >= 4 is 22.0 Å². The number of sulfonamides is 1. The minimum atomic E-state index is -4.12. The maximum Gasteiger partial charge on any atom is 0.282 e. The van der Waals surface area contributed by atoms with E-state index in [4.69, 9.17) is 4.74 Å². The molecule has 0 radical (unpaired) electrons. The van der Waals surface area contributed by atoms with E-state index in [1.54, 1.807) is 42.5 Å². The Hall–Kier alpha value is -3.26. The second-order valence-electron chi connectivity index (χ2n) is 8.08. The molecule has 1 atom stereocenters. The zero-order valence-electron chi connectivity index (χ0n) is 18.3. The molecule has 2 aromatic carbocycles. The molecule has 0 fully saturated rings. The summed E-state index contributed by atoms with van der Waals surface area (Å²) < 4.78 is 48.3. The fraction of sp³-hybridized carbons (Fsp3) is 0.280. The normalized spacial score (nSPS) is 13.9. The summed E-state index contributed by atoms with van der Waals surface area (Å²) in [5.74, 6) is 0.371. The number of hydrogen-bond donors (Lipinski definition) is 0. The SMILES string of the molecule is C[C@@H](F)CN(c1cc2c(cc1OCc1ccc(C=O)cc1)CCC2)S(=O)(=O)c1ccccn1. The smallest absolute Gasteiger partial charge is 0.282 e. The lowest BCUT2D eigenvalue weighted by molar-refractivity contribution is 0.112. The van der Waals surface area contributed by atoms with Crippen LogP contribution < -0.4 is 9.04 Å². The number of fused-ring (bicyclic) bond motifs is 1. The molecule has 0 bridgehead atoms. The van der Waals surface area contributed by atoms with Gasteiger partial charge in [0.25, 0.3) is 10.0 Å². The van der Waals surface area contributed by atoms with Crippen LogP contribution in [0.1, 0.15) is 40.4 Å². The van der Waals surface area contributed by atoms with Gasteiger partial charge in [-0.25, -0.2) is 9.37 Å². The number of pyridine rings is 1. The second kappa shape index (κ2) is 9.70. The number of nitrogens with zero attached hydrogens (tertiary/aromatic N) is 2. The van der Waals surface area contributed by atoms with Gasteiger partial charge in [0.2, 0.25) is 0 Å². The average molecular weight is 469 g/mol. The molecular formula is C25H25FN2O4S. The summed E-state index contributed by atoms with van der Waals surface area (Å²) in [7, 11) is -4.12. The van der Waals surface area contributed by atoms with Crippen molar-refractivity contribution in [1.29, 1.82) is 0 Å². The molecule has 1 aromatic heterocycles. The van der Waals surface area contributed by atoms with E-state index in [1.165, 1.54) is 19.2 Å². The molecule has 0 amide bonds. The molecule has 1 heterocycles. The van der Waals surface area contributed by atoms with Crippen LogP contribution in [0.3, 0.4) is 0 Å². The van der Waals surface area contributed by atoms with Crippen LogP contribution in [-0.2, 0) is 29.5 Å². The number of rotatable bonds is 9. The van der Waals surface area contributed by atoms with Gasteiger partial charge in [0.05, 0.1) is 12.2 Å². The molecule has 4 rings (SSSR count). The van der Waals surface area contributed by atoms with Crippen LogP contribution >= 0.6 is 0 Å². The van der Waals surface area contributed by atoms with Gasteiger partial charge in [0, 0.05) is 11.8 Å². The number of benzene rings is 2. The summed E-state index contributed by atoms with van der Waals surface area (Å²) in [5.41, 5.74) is 3.83. The van der Waals surface area contributed by atoms with Crippen LogP contribution in [0.15, 0.2) is 65.8 Å². The van der Waals surface area contributed by atoms with Gasteiger partial charge in [-0.1, -0.05) is 30.3 Å². The van der Waals surface area contributed by atoms with Crippen LogP contribution in [0.25, 0.3) is 0 Å². The molecule has 172 valence electrons. The maximum atomic E-state index is 14.2. The standard InChI is InChI=1S/C25H25FN2O4S/c1-18(26)15-28(33(30,31)25-7-2-3-12-27-25)23-13-21-5-4-6-22(21)14-24(23)32-17-20-10-8-19(16-29)9-11-20/h2-3,7-14,16,18H,4-6,15,17H2,1H3/t18-/m1/s1. The Morgan fingerprint density at radius 3 is 2.48 bits per heavy atom. The number of aromatic nitrogens is 1. The number of halogens is 1. The Labute approximate surface area is 193 Å². The van der Waals surface area contributed by atoms with E-state index < -0.39 is 16.2 Å². The third kappa shape index (κ3) is 5.06. The summed E-state index contributed by atoms with van der Waals surface area (Å²) in [6.07, 6.45) is 3.44. The lowest BCUT2D eigenvalue weighted by atomic mass is 10.1. The molecule has 0 aliphatic heterocycles. The highest BCUT2D eigenvalue weighted by Crippen LogP contribution is 2.38. The van der Waals surface area contributed by atoms with Gasteiger partial charge in [-0.3, -0.25) is 9.10 Å². The largest absolute Gasteiger partial charge is 0.487 e. The zero-order chi connectivity index (χ0) is 23.4. The van der Waals surface area contributed by atoms with Crippen LogP contribution in [0, 0.1) is 0 Å². The van der Waals surface area contributed by atoms with Crippen molar-refractivity contribution in [3.8, 4) is 5.75 Å². The summed E-state index contributed by atoms with van der Waals surface area (Å²) in [4.78, 5) is 14.9. The number of ether oxygens (including phenoxy) is 1. The lowest BCUT2D eigenvalue weighted by Gasteiger charge is -2.27. The van der Waals surface area contributed by atoms with Crippen LogP contribution in [0.5, 0.6) is 5.75 Å². The predicted molar refractivity (Wildman–Crippen MR) is 124 cm³/mol. The molecule has 0 N–H and O–H groups in total. The number of anilines is 1. The molecule has 0 saturated carbocycles. The van der Waals surface area contributed by atoms with Crippen molar-refractivity contribution in [3.05, 3.63) is 83.0 Å². The number of aldehydes is 1. The Kier molecular flexibility index (Phi) is 6.74. The van der Waals surface area contributed by atoms with Crippen LogP contribution in [0.4, 0.5) is 10.1 Å². The van der Waals surface area contributed by atoms with Gasteiger partial charge in [0.1, 0.15) is 24.8 Å². The Balaban J connectivity index is 1.75. The number of aryl methyl sites for hydroxylation is 2. The molecule has 8 heteroatoms.